The summed E-state index contributed by atoms with van der Waals surface area (Å²) in [6.45, 7) is 7.85. The van der Waals surface area contributed by atoms with E-state index in [0.717, 1.165) is 11.1 Å². The molecule has 0 unspecified atom stereocenters. The summed E-state index contributed by atoms with van der Waals surface area (Å²) in [6, 6.07) is 16.9. The number of hydrogen-bond acceptors (Lipinski definition) is 6. The number of carboxylic acid groups (broad SMARTS) is 2. The van der Waals surface area contributed by atoms with Crippen LogP contribution in [0.5, 0.6) is 0 Å². The summed E-state index contributed by atoms with van der Waals surface area (Å²) >= 11 is 0. The summed E-state index contributed by atoms with van der Waals surface area (Å²) in [7, 11) is 0. The summed E-state index contributed by atoms with van der Waals surface area (Å²) in [5.74, 6) is -2.10. The number of benzene rings is 2. The van der Waals surface area contributed by atoms with Crippen LogP contribution in [0.4, 0.5) is 4.79 Å². The van der Waals surface area contributed by atoms with Gasteiger partial charge in [-0.25, -0.2) is 19.4 Å². The number of amides is 2. The van der Waals surface area contributed by atoms with Crippen molar-refractivity contribution in [1.29, 1.82) is 0 Å². The SMILES string of the molecule is CC(C)[C@H](N)C(=O)O.CC(C)[C@H](NC(=O)NCc1ccccc1)C(=O)O.O=C=NCc1ccccc1. The molecule has 2 aromatic rings. The van der Waals surface area contributed by atoms with E-state index in [2.05, 4.69) is 15.6 Å². The van der Waals surface area contributed by atoms with Gasteiger partial charge in [-0.1, -0.05) is 88.4 Å². The molecule has 6 N–H and O–H groups in total. The van der Waals surface area contributed by atoms with Crippen LogP contribution in [0.3, 0.4) is 0 Å². The Balaban J connectivity index is 0.000000572. The number of urea groups is 1. The molecule has 36 heavy (non-hydrogen) atoms. The van der Waals surface area contributed by atoms with Crippen LogP contribution in [0.1, 0.15) is 38.8 Å². The molecule has 10 nitrogen and oxygen atoms in total. The molecule has 2 rings (SSSR count). The van der Waals surface area contributed by atoms with Gasteiger partial charge in [-0.05, 0) is 23.0 Å². The lowest BCUT2D eigenvalue weighted by Gasteiger charge is -2.18. The summed E-state index contributed by atoms with van der Waals surface area (Å²) in [5, 5.41) is 22.2. The molecule has 0 saturated carbocycles. The van der Waals surface area contributed by atoms with Crippen LogP contribution in [0.25, 0.3) is 0 Å². The number of hydrogen-bond donors (Lipinski definition) is 5. The summed E-state index contributed by atoms with van der Waals surface area (Å²) in [6.07, 6.45) is 1.49. The minimum Gasteiger partial charge on any atom is -0.480 e. The molecule has 0 saturated heterocycles. The molecule has 196 valence electrons. The fourth-order valence-corrected chi connectivity index (χ4v) is 2.48. The van der Waals surface area contributed by atoms with Crippen LogP contribution in [0, 0.1) is 11.8 Å². The number of nitrogens with one attached hydrogen (secondary N) is 2. The molecule has 2 amide bonds. The van der Waals surface area contributed by atoms with Gasteiger partial charge in [0.25, 0.3) is 0 Å². The van der Waals surface area contributed by atoms with Crippen molar-refractivity contribution in [3.05, 3.63) is 71.8 Å². The van der Waals surface area contributed by atoms with E-state index < -0.39 is 30.1 Å². The van der Waals surface area contributed by atoms with E-state index in [1.807, 2.05) is 60.7 Å². The third kappa shape index (κ3) is 15.0. The van der Waals surface area contributed by atoms with Gasteiger partial charge >= 0.3 is 18.0 Å². The number of aliphatic imine (C=N–C) groups is 1. The number of aliphatic carboxylic acids is 2. The maximum atomic E-state index is 11.6. The van der Waals surface area contributed by atoms with Gasteiger partial charge in [-0.15, -0.1) is 0 Å². The second-order valence-electron chi connectivity index (χ2n) is 8.37. The molecule has 0 fully saturated rings. The highest BCUT2D eigenvalue weighted by molar-refractivity contribution is 5.82. The Hall–Kier alpha value is -4.01. The molecule has 0 radical (unpaired) electrons. The standard InChI is InChI=1S/C13H18N2O3.C8H7NO.C5H11NO2/c1-9(2)11(12(16)17)15-13(18)14-8-10-6-4-3-5-7-10;10-7-9-6-8-4-2-1-3-5-8;1-3(2)4(6)5(7)8/h3-7,9,11H,8H2,1-2H3,(H,16,17)(H2,14,15,18);1-5H,6H2;3-4H,6H2,1-2H3,(H,7,8)/t11-;;4-/m0.0/s1. The molecule has 2 atom stereocenters. The van der Waals surface area contributed by atoms with Crippen LogP contribution in [-0.4, -0.2) is 46.3 Å². The van der Waals surface area contributed by atoms with E-state index in [1.54, 1.807) is 27.7 Å². The second kappa shape index (κ2) is 18.3. The quantitative estimate of drug-likeness (QED) is 0.260. The first-order chi connectivity index (χ1) is 17.0. The monoisotopic (exact) mass is 500 g/mol. The number of isocyanates is 1. The van der Waals surface area contributed by atoms with Gasteiger partial charge < -0.3 is 26.6 Å². The fraction of sp³-hybridized carbons (Fsp3) is 0.385. The first kappa shape index (κ1) is 32.0. The number of nitrogens with zero attached hydrogens (tertiary/aromatic N) is 1. The van der Waals surface area contributed by atoms with Gasteiger partial charge in [-0.3, -0.25) is 4.79 Å². The van der Waals surface area contributed by atoms with Crippen molar-refractivity contribution >= 4 is 24.0 Å². The lowest BCUT2D eigenvalue weighted by molar-refractivity contribution is -0.140. The van der Waals surface area contributed by atoms with Gasteiger partial charge in [0.15, 0.2) is 0 Å². The van der Waals surface area contributed by atoms with E-state index in [9.17, 15) is 19.2 Å². The third-order valence-corrected chi connectivity index (χ3v) is 4.69. The Morgan fingerprint density at radius 1 is 0.861 bits per heavy atom. The Morgan fingerprint density at radius 2 is 1.36 bits per heavy atom. The normalized spacial score (nSPS) is 11.4. The van der Waals surface area contributed by atoms with Crippen molar-refractivity contribution < 1.29 is 29.4 Å². The van der Waals surface area contributed by atoms with Crippen LogP contribution in [-0.2, 0) is 27.5 Å². The molecule has 0 aliphatic heterocycles. The molecule has 2 aromatic carbocycles. The van der Waals surface area contributed by atoms with Crippen LogP contribution < -0.4 is 16.4 Å². The number of carbonyl (C=O) groups excluding carboxylic acids is 2. The zero-order valence-corrected chi connectivity index (χ0v) is 21.0. The van der Waals surface area contributed by atoms with Crippen molar-refractivity contribution in [3.8, 4) is 0 Å². The Bertz CT molecular complexity index is 961. The molecule has 0 heterocycles. The Kier molecular flexibility index (Phi) is 16.3. The third-order valence-electron chi connectivity index (χ3n) is 4.69. The molecular weight excluding hydrogens is 464 g/mol. The number of carboxylic acids is 2. The highest BCUT2D eigenvalue weighted by Gasteiger charge is 2.23. The molecule has 0 aromatic heterocycles. The van der Waals surface area contributed by atoms with Gasteiger partial charge in [0.05, 0.1) is 6.54 Å². The minimum atomic E-state index is -1.03. The summed E-state index contributed by atoms with van der Waals surface area (Å²) < 4.78 is 0. The highest BCUT2D eigenvalue weighted by atomic mass is 16.4. The number of nitrogens with two attached hydrogens (primary N) is 1. The Labute approximate surface area is 211 Å². The number of carbonyl (C=O) groups is 3. The van der Waals surface area contributed by atoms with Crippen molar-refractivity contribution in [2.45, 2.75) is 52.9 Å². The topological polar surface area (TPSA) is 171 Å². The van der Waals surface area contributed by atoms with E-state index in [1.165, 1.54) is 6.08 Å². The highest BCUT2D eigenvalue weighted by Crippen LogP contribution is 2.02. The van der Waals surface area contributed by atoms with Crippen molar-refractivity contribution in [2.75, 3.05) is 0 Å². The van der Waals surface area contributed by atoms with Crippen LogP contribution >= 0.6 is 0 Å². The van der Waals surface area contributed by atoms with Crippen molar-refractivity contribution in [3.63, 3.8) is 0 Å². The summed E-state index contributed by atoms with van der Waals surface area (Å²) in [5.41, 5.74) is 7.16. The van der Waals surface area contributed by atoms with Crippen molar-refractivity contribution in [2.24, 2.45) is 22.6 Å². The number of rotatable bonds is 9. The van der Waals surface area contributed by atoms with Crippen molar-refractivity contribution in [1.82, 2.24) is 10.6 Å². The van der Waals surface area contributed by atoms with Gasteiger partial charge in [-0.2, -0.15) is 0 Å². The van der Waals surface area contributed by atoms with Gasteiger partial charge in [0, 0.05) is 6.54 Å². The van der Waals surface area contributed by atoms with Crippen LogP contribution in [0.15, 0.2) is 65.7 Å². The zero-order valence-electron chi connectivity index (χ0n) is 21.0. The predicted octanol–water partition coefficient (Wildman–Crippen LogP) is 3.17. The van der Waals surface area contributed by atoms with E-state index in [0.29, 0.717) is 13.1 Å². The maximum Gasteiger partial charge on any atom is 0.326 e. The zero-order chi connectivity index (χ0) is 27.5. The largest absolute Gasteiger partial charge is 0.480 e. The molecule has 10 heteroatoms. The molecule has 0 spiro atoms. The van der Waals surface area contributed by atoms with Crippen LogP contribution in [0.2, 0.25) is 0 Å². The van der Waals surface area contributed by atoms with Gasteiger partial charge in [0.2, 0.25) is 6.08 Å². The minimum absolute atomic E-state index is 0.0208. The smallest absolute Gasteiger partial charge is 0.326 e. The molecule has 0 bridgehead atoms. The maximum absolute atomic E-state index is 11.6. The van der Waals surface area contributed by atoms with Gasteiger partial charge in [0.1, 0.15) is 12.1 Å². The summed E-state index contributed by atoms with van der Waals surface area (Å²) in [4.78, 5) is 45.6. The first-order valence-electron chi connectivity index (χ1n) is 11.4. The predicted molar refractivity (Wildman–Crippen MR) is 137 cm³/mol. The Morgan fingerprint density at radius 3 is 1.72 bits per heavy atom. The lowest BCUT2D eigenvalue weighted by Crippen LogP contribution is -2.48. The average molecular weight is 501 g/mol. The van der Waals surface area contributed by atoms with E-state index in [4.69, 9.17) is 15.9 Å². The lowest BCUT2D eigenvalue weighted by atomic mass is 10.1. The molecule has 0 aliphatic carbocycles. The van der Waals surface area contributed by atoms with E-state index >= 15 is 0 Å². The average Bonchev–Trinajstić information content (AvgIpc) is 2.85. The molecular formula is C26H36N4O6. The first-order valence-corrected chi connectivity index (χ1v) is 11.4. The molecule has 0 aliphatic rings. The van der Waals surface area contributed by atoms with E-state index in [-0.39, 0.29) is 11.8 Å². The fourth-order valence-electron chi connectivity index (χ4n) is 2.48. The second-order valence-corrected chi connectivity index (χ2v) is 8.37.